The summed E-state index contributed by atoms with van der Waals surface area (Å²) in [5.74, 6) is 0.463. The van der Waals surface area contributed by atoms with Gasteiger partial charge in [-0.3, -0.25) is 0 Å². The number of aliphatic hydroxyl groups is 1. The van der Waals surface area contributed by atoms with Gasteiger partial charge in [0.1, 0.15) is 0 Å². The molecule has 3 N–H and O–H groups in total. The molecule has 1 aliphatic rings. The monoisotopic (exact) mass is 165 g/mol. The Bertz CT molecular complexity index is 99.6. The van der Waals surface area contributed by atoms with Crippen molar-refractivity contribution in [3.63, 3.8) is 0 Å². The maximum absolute atomic E-state index is 9.27. The molecule has 0 aromatic heterocycles. The highest BCUT2D eigenvalue weighted by Crippen LogP contribution is 2.22. The van der Waals surface area contributed by atoms with E-state index in [-0.39, 0.29) is 24.6 Å². The molecule has 1 saturated carbocycles. The standard InChI is InChI=1S/C7H15NO.ClH/c1-5-2-3-6(8)4-7(5)9;/h5-7,9H,2-4,8H2,1H3;1H/t5-,6-,7-;/m1./s1. The molecule has 0 unspecified atom stereocenters. The smallest absolute Gasteiger partial charge is 0.0580 e. The third kappa shape index (κ3) is 2.45. The van der Waals surface area contributed by atoms with E-state index in [2.05, 4.69) is 6.92 Å². The minimum Gasteiger partial charge on any atom is -0.393 e. The Morgan fingerprint density at radius 3 is 2.40 bits per heavy atom. The van der Waals surface area contributed by atoms with Crippen molar-refractivity contribution in [1.29, 1.82) is 0 Å². The van der Waals surface area contributed by atoms with Crippen LogP contribution in [0.1, 0.15) is 26.2 Å². The average Bonchev–Trinajstić information content (AvgIpc) is 1.80. The molecule has 0 saturated heterocycles. The molecule has 0 radical (unpaired) electrons. The first-order chi connectivity index (χ1) is 4.20. The number of aliphatic hydroxyl groups excluding tert-OH is 1. The lowest BCUT2D eigenvalue weighted by Crippen LogP contribution is -2.35. The zero-order valence-corrected chi connectivity index (χ0v) is 7.10. The highest BCUT2D eigenvalue weighted by molar-refractivity contribution is 5.85. The van der Waals surface area contributed by atoms with Gasteiger partial charge in [0.05, 0.1) is 6.10 Å². The third-order valence-corrected chi connectivity index (χ3v) is 2.19. The van der Waals surface area contributed by atoms with Crippen LogP contribution in [0.2, 0.25) is 0 Å². The molecule has 62 valence electrons. The zero-order chi connectivity index (χ0) is 6.85. The van der Waals surface area contributed by atoms with Crippen molar-refractivity contribution in [2.75, 3.05) is 0 Å². The van der Waals surface area contributed by atoms with Crippen molar-refractivity contribution in [3.05, 3.63) is 0 Å². The molecule has 10 heavy (non-hydrogen) atoms. The Labute approximate surface area is 68.2 Å². The fourth-order valence-corrected chi connectivity index (χ4v) is 1.33. The molecule has 0 aliphatic heterocycles. The van der Waals surface area contributed by atoms with Crippen LogP contribution in [0.3, 0.4) is 0 Å². The Kier molecular flexibility index (Phi) is 4.25. The van der Waals surface area contributed by atoms with E-state index in [1.54, 1.807) is 0 Å². The second-order valence-electron chi connectivity index (χ2n) is 3.12. The van der Waals surface area contributed by atoms with Crippen LogP contribution in [0.5, 0.6) is 0 Å². The number of nitrogens with two attached hydrogens (primary N) is 1. The molecule has 1 fully saturated rings. The summed E-state index contributed by atoms with van der Waals surface area (Å²) in [6.07, 6.45) is 2.82. The molecule has 0 spiro atoms. The summed E-state index contributed by atoms with van der Waals surface area (Å²) in [7, 11) is 0. The van der Waals surface area contributed by atoms with Crippen molar-refractivity contribution in [3.8, 4) is 0 Å². The van der Waals surface area contributed by atoms with Crippen LogP contribution in [0.15, 0.2) is 0 Å². The van der Waals surface area contributed by atoms with Crippen LogP contribution < -0.4 is 5.73 Å². The van der Waals surface area contributed by atoms with Gasteiger partial charge in [-0.25, -0.2) is 0 Å². The molecule has 0 aromatic carbocycles. The molecule has 0 bridgehead atoms. The molecule has 1 rings (SSSR count). The molecule has 3 atom stereocenters. The van der Waals surface area contributed by atoms with Gasteiger partial charge in [-0.15, -0.1) is 12.4 Å². The highest BCUT2D eigenvalue weighted by atomic mass is 35.5. The van der Waals surface area contributed by atoms with Crippen molar-refractivity contribution < 1.29 is 5.11 Å². The van der Waals surface area contributed by atoms with Crippen molar-refractivity contribution in [2.24, 2.45) is 11.7 Å². The summed E-state index contributed by atoms with van der Waals surface area (Å²) in [4.78, 5) is 0. The summed E-state index contributed by atoms with van der Waals surface area (Å²) in [5.41, 5.74) is 5.63. The predicted molar refractivity (Wildman–Crippen MR) is 44.2 cm³/mol. The van der Waals surface area contributed by atoms with Gasteiger partial charge in [0.25, 0.3) is 0 Å². The van der Waals surface area contributed by atoms with E-state index in [0.29, 0.717) is 5.92 Å². The fraction of sp³-hybridized carbons (Fsp3) is 1.00. The molecular weight excluding hydrogens is 150 g/mol. The molecule has 0 amide bonds. The van der Waals surface area contributed by atoms with E-state index in [4.69, 9.17) is 5.73 Å². The first kappa shape index (κ1) is 10.2. The summed E-state index contributed by atoms with van der Waals surface area (Å²) in [6.45, 7) is 2.08. The number of rotatable bonds is 0. The van der Waals surface area contributed by atoms with Crippen LogP contribution in [-0.4, -0.2) is 17.3 Å². The van der Waals surface area contributed by atoms with Crippen LogP contribution >= 0.6 is 12.4 Å². The maximum atomic E-state index is 9.27. The van der Waals surface area contributed by atoms with Gasteiger partial charge >= 0.3 is 0 Å². The number of hydrogen-bond acceptors (Lipinski definition) is 2. The summed E-state index contributed by atoms with van der Waals surface area (Å²) in [5, 5.41) is 9.27. The van der Waals surface area contributed by atoms with Gasteiger partial charge < -0.3 is 10.8 Å². The molecule has 3 heteroatoms. The minimum absolute atomic E-state index is 0. The minimum atomic E-state index is -0.145. The number of halogens is 1. The normalized spacial score (nSPS) is 40.5. The Morgan fingerprint density at radius 2 is 2.00 bits per heavy atom. The van der Waals surface area contributed by atoms with Crippen molar-refractivity contribution >= 4 is 12.4 Å². The Balaban J connectivity index is 0.000000810. The second kappa shape index (κ2) is 4.16. The molecule has 0 heterocycles. The first-order valence-electron chi connectivity index (χ1n) is 3.64. The van der Waals surface area contributed by atoms with Crippen LogP contribution in [0.25, 0.3) is 0 Å². The van der Waals surface area contributed by atoms with Crippen LogP contribution in [0, 0.1) is 5.92 Å². The molecule has 2 nitrogen and oxygen atoms in total. The van der Waals surface area contributed by atoms with Crippen LogP contribution in [0.4, 0.5) is 0 Å². The fourth-order valence-electron chi connectivity index (χ4n) is 1.33. The quantitative estimate of drug-likeness (QED) is 0.561. The van der Waals surface area contributed by atoms with Crippen molar-refractivity contribution in [1.82, 2.24) is 0 Å². The molecule has 0 aromatic rings. The van der Waals surface area contributed by atoms with Gasteiger partial charge in [0, 0.05) is 6.04 Å². The van der Waals surface area contributed by atoms with Gasteiger partial charge in [-0.2, -0.15) is 0 Å². The molecular formula is C7H16ClNO. The first-order valence-corrected chi connectivity index (χ1v) is 3.64. The highest BCUT2D eigenvalue weighted by Gasteiger charge is 2.22. The lowest BCUT2D eigenvalue weighted by Gasteiger charge is -2.28. The van der Waals surface area contributed by atoms with E-state index < -0.39 is 0 Å². The van der Waals surface area contributed by atoms with Gasteiger partial charge in [0.2, 0.25) is 0 Å². The largest absolute Gasteiger partial charge is 0.393 e. The summed E-state index contributed by atoms with van der Waals surface area (Å²) in [6, 6.07) is 0.246. The second-order valence-corrected chi connectivity index (χ2v) is 3.12. The predicted octanol–water partition coefficient (Wildman–Crippen LogP) is 0.916. The lowest BCUT2D eigenvalue weighted by molar-refractivity contribution is 0.0708. The van der Waals surface area contributed by atoms with Crippen molar-refractivity contribution in [2.45, 2.75) is 38.3 Å². The maximum Gasteiger partial charge on any atom is 0.0580 e. The van der Waals surface area contributed by atoms with Gasteiger partial charge in [0.15, 0.2) is 0 Å². The topological polar surface area (TPSA) is 46.2 Å². The van der Waals surface area contributed by atoms with E-state index in [0.717, 1.165) is 19.3 Å². The van der Waals surface area contributed by atoms with Crippen LogP contribution in [-0.2, 0) is 0 Å². The summed E-state index contributed by atoms with van der Waals surface area (Å²) < 4.78 is 0. The average molecular weight is 166 g/mol. The van der Waals surface area contributed by atoms with E-state index >= 15 is 0 Å². The Hall–Kier alpha value is 0.210. The lowest BCUT2D eigenvalue weighted by atomic mass is 9.85. The van der Waals surface area contributed by atoms with E-state index in [9.17, 15) is 5.11 Å². The summed E-state index contributed by atoms with van der Waals surface area (Å²) >= 11 is 0. The SMILES string of the molecule is C[C@@H]1CC[C@@H](N)C[C@H]1O.Cl. The van der Waals surface area contributed by atoms with Gasteiger partial charge in [-0.05, 0) is 25.2 Å². The van der Waals surface area contributed by atoms with E-state index in [1.165, 1.54) is 0 Å². The van der Waals surface area contributed by atoms with Gasteiger partial charge in [-0.1, -0.05) is 6.92 Å². The molecule has 1 aliphatic carbocycles. The third-order valence-electron chi connectivity index (χ3n) is 2.19. The zero-order valence-electron chi connectivity index (χ0n) is 6.29. The Morgan fingerprint density at radius 1 is 1.40 bits per heavy atom. The number of hydrogen-bond donors (Lipinski definition) is 2. The van der Waals surface area contributed by atoms with E-state index in [1.807, 2.05) is 0 Å².